The number of benzene rings is 1. The number of urea groups is 1. The standard InChI is InChI=1S/C18H18N2O2S/c1-13-17(14-7-4-3-5-8-14)20(18(22)19(13)2)16(21)11-10-15-9-6-12-23-15/h3-13,17H,1-2H3/t13-,17-/m1/s1. The van der Waals surface area contributed by atoms with E-state index in [1.807, 2.05) is 54.8 Å². The molecule has 0 saturated carbocycles. The summed E-state index contributed by atoms with van der Waals surface area (Å²) < 4.78 is 0. The zero-order valence-corrected chi connectivity index (χ0v) is 13.9. The fourth-order valence-corrected chi connectivity index (χ4v) is 3.44. The SMILES string of the molecule is C[C@@H]1[C@H](c2ccccc2)N(C(=O)C=Cc2cccs2)C(=O)N1C. The molecule has 2 heterocycles. The molecule has 2 atom stereocenters. The summed E-state index contributed by atoms with van der Waals surface area (Å²) in [4.78, 5) is 29.1. The fraction of sp³-hybridized carbons (Fsp3) is 0.222. The van der Waals surface area contributed by atoms with Crippen LogP contribution in [0.3, 0.4) is 0 Å². The molecule has 1 fully saturated rings. The lowest BCUT2D eigenvalue weighted by atomic mass is 10.0. The van der Waals surface area contributed by atoms with Crippen LogP contribution in [0.1, 0.15) is 23.4 Å². The van der Waals surface area contributed by atoms with E-state index >= 15 is 0 Å². The lowest BCUT2D eigenvalue weighted by Gasteiger charge is -2.23. The molecule has 3 rings (SSSR count). The largest absolute Gasteiger partial charge is 0.327 e. The van der Waals surface area contributed by atoms with Crippen LogP contribution in [0.2, 0.25) is 0 Å². The number of hydrogen-bond donors (Lipinski definition) is 0. The van der Waals surface area contributed by atoms with Gasteiger partial charge in [0.15, 0.2) is 0 Å². The number of hydrogen-bond acceptors (Lipinski definition) is 3. The highest BCUT2D eigenvalue weighted by atomic mass is 32.1. The molecule has 0 bridgehead atoms. The van der Waals surface area contributed by atoms with E-state index in [0.717, 1.165) is 10.4 Å². The minimum atomic E-state index is -0.284. The van der Waals surface area contributed by atoms with Crippen molar-refractivity contribution in [2.24, 2.45) is 0 Å². The maximum Gasteiger partial charge on any atom is 0.327 e. The van der Waals surface area contributed by atoms with E-state index < -0.39 is 0 Å². The highest BCUT2D eigenvalue weighted by molar-refractivity contribution is 7.10. The van der Waals surface area contributed by atoms with Crippen LogP contribution in [-0.4, -0.2) is 34.8 Å². The monoisotopic (exact) mass is 326 g/mol. The average Bonchev–Trinajstić information content (AvgIpc) is 3.16. The molecule has 1 aliphatic rings. The number of thiophene rings is 1. The number of carbonyl (C=O) groups is 2. The van der Waals surface area contributed by atoms with E-state index in [1.165, 1.54) is 11.0 Å². The van der Waals surface area contributed by atoms with Crippen molar-refractivity contribution in [1.82, 2.24) is 9.80 Å². The minimum Gasteiger partial charge on any atom is -0.322 e. The first-order chi connectivity index (χ1) is 11.1. The summed E-state index contributed by atoms with van der Waals surface area (Å²) in [6, 6.07) is 13.0. The van der Waals surface area contributed by atoms with Gasteiger partial charge in [0.1, 0.15) is 0 Å². The molecule has 0 spiro atoms. The molecule has 0 radical (unpaired) electrons. The van der Waals surface area contributed by atoms with E-state index in [1.54, 1.807) is 29.4 Å². The zero-order chi connectivity index (χ0) is 16.4. The van der Waals surface area contributed by atoms with E-state index in [2.05, 4.69) is 0 Å². The smallest absolute Gasteiger partial charge is 0.322 e. The highest BCUT2D eigenvalue weighted by Crippen LogP contribution is 2.34. The van der Waals surface area contributed by atoms with Gasteiger partial charge >= 0.3 is 6.03 Å². The number of nitrogens with zero attached hydrogens (tertiary/aromatic N) is 2. The van der Waals surface area contributed by atoms with Gasteiger partial charge in [0.05, 0.1) is 12.1 Å². The van der Waals surface area contributed by atoms with E-state index in [0.29, 0.717) is 0 Å². The third-order valence-corrected chi connectivity index (χ3v) is 5.00. The summed E-state index contributed by atoms with van der Waals surface area (Å²) in [6.07, 6.45) is 3.23. The lowest BCUT2D eigenvalue weighted by molar-refractivity contribution is -0.124. The Labute approximate surface area is 139 Å². The zero-order valence-electron chi connectivity index (χ0n) is 13.0. The maximum atomic E-state index is 12.6. The molecule has 1 saturated heterocycles. The Morgan fingerprint density at radius 1 is 1.17 bits per heavy atom. The van der Waals surface area contributed by atoms with Gasteiger partial charge in [-0.15, -0.1) is 11.3 Å². The van der Waals surface area contributed by atoms with Crippen molar-refractivity contribution in [3.8, 4) is 0 Å². The predicted molar refractivity (Wildman–Crippen MR) is 92.0 cm³/mol. The topological polar surface area (TPSA) is 40.6 Å². The molecule has 118 valence electrons. The van der Waals surface area contributed by atoms with Crippen LogP contribution < -0.4 is 0 Å². The van der Waals surface area contributed by atoms with Crippen LogP contribution >= 0.6 is 11.3 Å². The second-order valence-electron chi connectivity index (χ2n) is 5.55. The van der Waals surface area contributed by atoms with Crippen molar-refractivity contribution in [2.45, 2.75) is 19.0 Å². The van der Waals surface area contributed by atoms with Crippen molar-refractivity contribution < 1.29 is 9.59 Å². The van der Waals surface area contributed by atoms with Gasteiger partial charge in [0.2, 0.25) is 0 Å². The van der Waals surface area contributed by atoms with Crippen LogP contribution in [0.25, 0.3) is 6.08 Å². The second-order valence-corrected chi connectivity index (χ2v) is 6.53. The average molecular weight is 326 g/mol. The van der Waals surface area contributed by atoms with Crippen molar-refractivity contribution in [2.75, 3.05) is 7.05 Å². The second kappa shape index (κ2) is 6.38. The summed E-state index contributed by atoms with van der Waals surface area (Å²) in [5.74, 6) is -0.284. The van der Waals surface area contributed by atoms with Crippen LogP contribution in [0, 0.1) is 0 Å². The summed E-state index contributed by atoms with van der Waals surface area (Å²) in [6.45, 7) is 1.96. The number of rotatable bonds is 3. The first-order valence-electron chi connectivity index (χ1n) is 7.46. The first-order valence-corrected chi connectivity index (χ1v) is 8.34. The van der Waals surface area contributed by atoms with Gasteiger partial charge in [-0.2, -0.15) is 0 Å². The van der Waals surface area contributed by atoms with E-state index in [-0.39, 0.29) is 24.0 Å². The molecule has 1 aliphatic heterocycles. The predicted octanol–water partition coefficient (Wildman–Crippen LogP) is 3.79. The third kappa shape index (κ3) is 2.92. The molecule has 23 heavy (non-hydrogen) atoms. The van der Waals surface area contributed by atoms with Gasteiger partial charge in [-0.25, -0.2) is 4.79 Å². The molecule has 2 aromatic rings. The molecule has 1 aromatic carbocycles. The van der Waals surface area contributed by atoms with Crippen LogP contribution in [0.15, 0.2) is 53.9 Å². The summed E-state index contributed by atoms with van der Waals surface area (Å²) >= 11 is 1.55. The van der Waals surface area contributed by atoms with E-state index in [9.17, 15) is 9.59 Å². The molecular weight excluding hydrogens is 308 g/mol. The fourth-order valence-electron chi connectivity index (χ4n) is 2.82. The van der Waals surface area contributed by atoms with Crippen molar-refractivity contribution in [3.05, 3.63) is 64.4 Å². The van der Waals surface area contributed by atoms with Gasteiger partial charge in [0, 0.05) is 18.0 Å². The number of likely N-dealkylation sites (N-methyl/N-ethyl adjacent to an activating group) is 1. The number of carbonyl (C=O) groups excluding carboxylic acids is 2. The molecule has 0 N–H and O–H groups in total. The number of imide groups is 1. The summed E-state index contributed by atoms with van der Waals surface area (Å²) in [7, 11) is 1.74. The van der Waals surface area contributed by atoms with Gasteiger partial charge in [-0.1, -0.05) is 36.4 Å². The Morgan fingerprint density at radius 3 is 2.57 bits per heavy atom. The lowest BCUT2D eigenvalue weighted by Crippen LogP contribution is -2.35. The molecular formula is C18H18N2O2S. The normalized spacial score (nSPS) is 21.4. The Balaban J connectivity index is 1.91. The van der Waals surface area contributed by atoms with Gasteiger partial charge in [-0.3, -0.25) is 9.69 Å². The molecule has 3 amide bonds. The molecule has 5 heteroatoms. The van der Waals surface area contributed by atoms with Gasteiger partial charge in [-0.05, 0) is 30.0 Å². The van der Waals surface area contributed by atoms with E-state index in [4.69, 9.17) is 0 Å². The molecule has 1 aromatic heterocycles. The summed E-state index contributed by atoms with van der Waals surface area (Å²) in [5.41, 5.74) is 0.968. The van der Waals surface area contributed by atoms with Gasteiger partial charge < -0.3 is 4.90 Å². The third-order valence-electron chi connectivity index (χ3n) is 4.17. The maximum absolute atomic E-state index is 12.6. The first kappa shape index (κ1) is 15.5. The minimum absolute atomic E-state index is 0.0658. The summed E-state index contributed by atoms with van der Waals surface area (Å²) in [5, 5.41) is 1.95. The van der Waals surface area contributed by atoms with Crippen LogP contribution in [0.4, 0.5) is 4.79 Å². The Kier molecular flexibility index (Phi) is 4.30. The number of amides is 3. The highest BCUT2D eigenvalue weighted by Gasteiger charge is 2.44. The van der Waals surface area contributed by atoms with Crippen LogP contribution in [-0.2, 0) is 4.79 Å². The Bertz CT molecular complexity index is 725. The van der Waals surface area contributed by atoms with Crippen LogP contribution in [0.5, 0.6) is 0 Å². The van der Waals surface area contributed by atoms with Gasteiger partial charge in [0.25, 0.3) is 5.91 Å². The molecule has 0 unspecified atom stereocenters. The van der Waals surface area contributed by atoms with Crippen molar-refractivity contribution >= 4 is 29.4 Å². The molecule has 4 nitrogen and oxygen atoms in total. The Morgan fingerprint density at radius 2 is 1.91 bits per heavy atom. The van der Waals surface area contributed by atoms with Crippen molar-refractivity contribution in [3.63, 3.8) is 0 Å². The Hall–Kier alpha value is -2.40. The van der Waals surface area contributed by atoms with Crippen molar-refractivity contribution in [1.29, 1.82) is 0 Å². The molecule has 0 aliphatic carbocycles. The quantitative estimate of drug-likeness (QED) is 0.805.